The summed E-state index contributed by atoms with van der Waals surface area (Å²) >= 11 is 6.25. The summed E-state index contributed by atoms with van der Waals surface area (Å²) in [4.78, 5) is 17.8. The van der Waals surface area contributed by atoms with Crippen molar-refractivity contribution in [2.24, 2.45) is 0 Å². The standard InChI is InChI=1S/C24H25ClF5N5O/c1-34(13-20(26)27)16-9-10-17(18(25)11-16)23(36)32-15-7-5-14(6-8-15)31-21-3-2-4-22-33-19(12-35(21)22)24(28,29)30/h2-4,9-12,14-15,20,31H,5-8,13H2,1H3,(H,32,36)/t14-,15+. The normalized spacial score (nSPS) is 18.4. The molecule has 194 valence electrons. The molecule has 3 aromatic rings. The van der Waals surface area contributed by atoms with Crippen molar-refractivity contribution in [1.82, 2.24) is 14.7 Å². The third-order valence-electron chi connectivity index (χ3n) is 6.25. The highest BCUT2D eigenvalue weighted by atomic mass is 35.5. The highest BCUT2D eigenvalue weighted by molar-refractivity contribution is 6.34. The fraction of sp³-hybridized carbons (Fsp3) is 0.417. The van der Waals surface area contributed by atoms with Gasteiger partial charge in [-0.3, -0.25) is 9.20 Å². The molecule has 0 saturated heterocycles. The number of rotatable bonds is 7. The number of alkyl halides is 5. The molecule has 0 unspecified atom stereocenters. The third kappa shape index (κ3) is 6.00. The SMILES string of the molecule is CN(CC(F)F)c1ccc(C(=O)N[C@H]2CC[C@@H](Nc3cccc4nc(C(F)(F)F)cn34)CC2)c(Cl)c1. The van der Waals surface area contributed by atoms with Gasteiger partial charge in [0.2, 0.25) is 0 Å². The van der Waals surface area contributed by atoms with E-state index in [1.54, 1.807) is 18.2 Å². The second-order valence-corrected chi connectivity index (χ2v) is 9.27. The fourth-order valence-corrected chi connectivity index (χ4v) is 4.62. The van der Waals surface area contributed by atoms with Gasteiger partial charge in [-0.15, -0.1) is 0 Å². The summed E-state index contributed by atoms with van der Waals surface area (Å²) in [5.74, 6) is 0.175. The summed E-state index contributed by atoms with van der Waals surface area (Å²) in [5, 5.41) is 6.44. The van der Waals surface area contributed by atoms with E-state index >= 15 is 0 Å². The lowest BCUT2D eigenvalue weighted by atomic mass is 9.91. The van der Waals surface area contributed by atoms with Crippen LogP contribution >= 0.6 is 11.6 Å². The van der Waals surface area contributed by atoms with Crippen molar-refractivity contribution in [1.29, 1.82) is 0 Å². The summed E-state index contributed by atoms with van der Waals surface area (Å²) in [6, 6.07) is 9.38. The molecular weight excluding hydrogens is 505 g/mol. The molecule has 2 N–H and O–H groups in total. The van der Waals surface area contributed by atoms with Crippen molar-refractivity contribution in [2.45, 2.75) is 50.4 Å². The number of benzene rings is 1. The van der Waals surface area contributed by atoms with Crippen LogP contribution in [0.3, 0.4) is 0 Å². The van der Waals surface area contributed by atoms with Gasteiger partial charge in [0.1, 0.15) is 11.5 Å². The molecule has 6 nitrogen and oxygen atoms in total. The summed E-state index contributed by atoms with van der Waals surface area (Å²) in [7, 11) is 1.52. The topological polar surface area (TPSA) is 61.7 Å². The summed E-state index contributed by atoms with van der Waals surface area (Å²) in [6.45, 7) is -0.446. The van der Waals surface area contributed by atoms with Gasteiger partial charge in [-0.05, 0) is 56.0 Å². The van der Waals surface area contributed by atoms with Crippen molar-refractivity contribution in [3.8, 4) is 0 Å². The van der Waals surface area contributed by atoms with E-state index in [1.165, 1.54) is 34.5 Å². The van der Waals surface area contributed by atoms with Crippen LogP contribution in [-0.2, 0) is 6.18 Å². The Morgan fingerprint density at radius 2 is 1.86 bits per heavy atom. The number of carbonyl (C=O) groups is 1. The predicted octanol–water partition coefficient (Wildman–Crippen LogP) is 5.86. The van der Waals surface area contributed by atoms with Crippen LogP contribution in [0.5, 0.6) is 0 Å². The van der Waals surface area contributed by atoms with Crippen molar-refractivity contribution in [3.05, 3.63) is 58.9 Å². The van der Waals surface area contributed by atoms with Gasteiger partial charge < -0.3 is 15.5 Å². The minimum absolute atomic E-state index is 0.0220. The smallest absolute Gasteiger partial charge is 0.369 e. The van der Waals surface area contributed by atoms with Crippen LogP contribution in [0.4, 0.5) is 33.5 Å². The van der Waals surface area contributed by atoms with E-state index in [4.69, 9.17) is 11.6 Å². The molecule has 4 rings (SSSR count). The molecule has 1 amide bonds. The van der Waals surface area contributed by atoms with Gasteiger partial charge in [-0.25, -0.2) is 13.8 Å². The average Bonchev–Trinajstić information content (AvgIpc) is 3.26. The van der Waals surface area contributed by atoms with E-state index in [2.05, 4.69) is 15.6 Å². The highest BCUT2D eigenvalue weighted by Gasteiger charge is 2.34. The molecule has 2 aromatic heterocycles. The Morgan fingerprint density at radius 1 is 1.17 bits per heavy atom. The zero-order chi connectivity index (χ0) is 26.0. The number of fused-ring (bicyclic) bond motifs is 1. The molecule has 0 bridgehead atoms. The maximum Gasteiger partial charge on any atom is 0.434 e. The van der Waals surface area contributed by atoms with Crippen LogP contribution < -0.4 is 15.5 Å². The first-order valence-corrected chi connectivity index (χ1v) is 11.8. The van der Waals surface area contributed by atoms with Crippen LogP contribution in [0.15, 0.2) is 42.6 Å². The lowest BCUT2D eigenvalue weighted by Crippen LogP contribution is -2.40. The predicted molar refractivity (Wildman–Crippen MR) is 128 cm³/mol. The van der Waals surface area contributed by atoms with Gasteiger partial charge >= 0.3 is 6.18 Å². The number of nitrogens with one attached hydrogen (secondary N) is 2. The van der Waals surface area contributed by atoms with Crippen LogP contribution in [0, 0.1) is 0 Å². The van der Waals surface area contributed by atoms with Crippen molar-refractivity contribution in [2.75, 3.05) is 23.8 Å². The quantitative estimate of drug-likeness (QED) is 0.376. The number of hydrogen-bond donors (Lipinski definition) is 2. The van der Waals surface area contributed by atoms with Crippen molar-refractivity contribution >= 4 is 34.7 Å². The Labute approximate surface area is 209 Å². The zero-order valence-electron chi connectivity index (χ0n) is 19.3. The van der Waals surface area contributed by atoms with E-state index in [9.17, 15) is 26.7 Å². The minimum atomic E-state index is -4.52. The number of nitrogens with zero attached hydrogens (tertiary/aromatic N) is 3. The number of aromatic nitrogens is 2. The van der Waals surface area contributed by atoms with Gasteiger partial charge in [0.15, 0.2) is 5.69 Å². The van der Waals surface area contributed by atoms with E-state index in [-0.39, 0.29) is 34.2 Å². The van der Waals surface area contributed by atoms with E-state index < -0.39 is 24.8 Å². The Bertz CT molecular complexity index is 1220. The number of carbonyl (C=O) groups excluding carboxylic acids is 1. The Hall–Kier alpha value is -3.08. The van der Waals surface area contributed by atoms with Crippen molar-refractivity contribution in [3.63, 3.8) is 0 Å². The van der Waals surface area contributed by atoms with Crippen LogP contribution in [-0.4, -0.2) is 47.4 Å². The van der Waals surface area contributed by atoms with Gasteiger partial charge in [0.25, 0.3) is 12.3 Å². The molecule has 0 aliphatic heterocycles. The number of amides is 1. The Balaban J connectivity index is 1.33. The molecule has 12 heteroatoms. The van der Waals surface area contributed by atoms with E-state index in [1.807, 2.05) is 0 Å². The molecule has 36 heavy (non-hydrogen) atoms. The molecule has 1 saturated carbocycles. The molecule has 0 radical (unpaired) electrons. The van der Waals surface area contributed by atoms with Gasteiger partial charge in [-0.2, -0.15) is 13.2 Å². The van der Waals surface area contributed by atoms with Gasteiger partial charge in [0, 0.05) is 31.0 Å². The number of hydrogen-bond acceptors (Lipinski definition) is 4. The summed E-state index contributed by atoms with van der Waals surface area (Å²) in [5.41, 5.74) is 0.00386. The molecule has 1 aromatic carbocycles. The molecule has 0 atom stereocenters. The number of anilines is 2. The van der Waals surface area contributed by atoms with Gasteiger partial charge in [-0.1, -0.05) is 17.7 Å². The van der Waals surface area contributed by atoms with Gasteiger partial charge in [0.05, 0.1) is 17.1 Å². The Kier molecular flexibility index (Phi) is 7.58. The maximum atomic E-state index is 13.0. The molecule has 1 aliphatic carbocycles. The first-order valence-electron chi connectivity index (χ1n) is 11.4. The lowest BCUT2D eigenvalue weighted by molar-refractivity contribution is -0.140. The first kappa shape index (κ1) is 26.0. The van der Waals surface area contributed by atoms with Crippen LogP contribution in [0.25, 0.3) is 5.65 Å². The second kappa shape index (κ2) is 10.5. The largest absolute Gasteiger partial charge is 0.434 e. The molecule has 0 spiro atoms. The number of imidazole rings is 1. The molecule has 1 aliphatic rings. The minimum Gasteiger partial charge on any atom is -0.369 e. The second-order valence-electron chi connectivity index (χ2n) is 8.87. The third-order valence-corrected chi connectivity index (χ3v) is 6.56. The monoisotopic (exact) mass is 529 g/mol. The molecular formula is C24H25ClF5N5O. The number of pyridine rings is 1. The van der Waals surface area contributed by atoms with E-state index in [0.29, 0.717) is 37.2 Å². The van der Waals surface area contributed by atoms with Crippen molar-refractivity contribution < 1.29 is 26.7 Å². The number of halogens is 6. The fourth-order valence-electron chi connectivity index (χ4n) is 4.36. The first-order chi connectivity index (χ1) is 17.0. The molecule has 2 heterocycles. The van der Waals surface area contributed by atoms with Crippen LogP contribution in [0.1, 0.15) is 41.7 Å². The molecule has 1 fully saturated rings. The summed E-state index contributed by atoms with van der Waals surface area (Å²) < 4.78 is 65.7. The van der Waals surface area contributed by atoms with E-state index in [0.717, 1.165) is 6.20 Å². The van der Waals surface area contributed by atoms with Crippen LogP contribution in [0.2, 0.25) is 5.02 Å². The average molecular weight is 530 g/mol. The highest BCUT2D eigenvalue weighted by Crippen LogP contribution is 2.30. The Morgan fingerprint density at radius 3 is 2.50 bits per heavy atom. The lowest BCUT2D eigenvalue weighted by Gasteiger charge is -2.30. The zero-order valence-corrected chi connectivity index (χ0v) is 20.1. The summed E-state index contributed by atoms with van der Waals surface area (Å²) in [6.07, 6.45) is -3.30. The maximum absolute atomic E-state index is 13.0.